The van der Waals surface area contributed by atoms with Gasteiger partial charge in [-0.25, -0.2) is 4.79 Å². The number of ether oxygens (including phenoxy) is 3. The molecule has 1 N–H and O–H groups in total. The fourth-order valence-electron chi connectivity index (χ4n) is 2.26. The Kier molecular flexibility index (Phi) is 8.36. The number of carbonyl (C=O) groups excluding carboxylic acids is 3. The molecular weight excluding hydrogens is 418 g/mol. The maximum atomic E-state index is 12.5. The number of carbonyl (C=O) groups is 3. The highest BCUT2D eigenvalue weighted by atomic mass is 35.5. The minimum atomic E-state index is -0.847. The summed E-state index contributed by atoms with van der Waals surface area (Å²) < 4.78 is 15.9. The fourth-order valence-corrected chi connectivity index (χ4v) is 2.48. The SMILES string of the molecule is CCOC(=O)CNC(=O)COc1cc(=O)n(-c2ccccc2Cl)nc1C(=O)OCC. The van der Waals surface area contributed by atoms with Gasteiger partial charge in [-0.2, -0.15) is 9.78 Å². The number of hydrogen-bond donors (Lipinski definition) is 1. The molecule has 11 heteroatoms. The Bertz CT molecular complexity index is 990. The number of benzene rings is 1. The molecule has 2 aromatic rings. The van der Waals surface area contributed by atoms with Crippen LogP contribution in [0.4, 0.5) is 0 Å². The molecule has 0 unspecified atom stereocenters. The minimum absolute atomic E-state index is 0.0607. The summed E-state index contributed by atoms with van der Waals surface area (Å²) in [6.45, 7) is 2.58. The van der Waals surface area contributed by atoms with Gasteiger partial charge in [0.25, 0.3) is 11.5 Å². The van der Waals surface area contributed by atoms with Gasteiger partial charge in [0.15, 0.2) is 12.4 Å². The third-order valence-electron chi connectivity index (χ3n) is 3.54. The van der Waals surface area contributed by atoms with Crippen LogP contribution in [-0.2, 0) is 19.1 Å². The van der Waals surface area contributed by atoms with E-state index in [2.05, 4.69) is 10.4 Å². The molecule has 10 nitrogen and oxygen atoms in total. The van der Waals surface area contributed by atoms with Gasteiger partial charge in [0.2, 0.25) is 5.69 Å². The van der Waals surface area contributed by atoms with Gasteiger partial charge in [0.05, 0.1) is 30.0 Å². The van der Waals surface area contributed by atoms with E-state index in [9.17, 15) is 19.2 Å². The van der Waals surface area contributed by atoms with Crippen molar-refractivity contribution in [3.05, 3.63) is 51.4 Å². The van der Waals surface area contributed by atoms with Crippen molar-refractivity contribution in [1.82, 2.24) is 15.1 Å². The van der Waals surface area contributed by atoms with E-state index in [4.69, 9.17) is 25.8 Å². The summed E-state index contributed by atoms with van der Waals surface area (Å²) in [5.74, 6) is -2.36. The van der Waals surface area contributed by atoms with Crippen LogP contribution in [0.5, 0.6) is 5.75 Å². The lowest BCUT2D eigenvalue weighted by molar-refractivity contribution is -0.143. The van der Waals surface area contributed by atoms with Gasteiger partial charge in [0.1, 0.15) is 6.54 Å². The monoisotopic (exact) mass is 437 g/mol. The molecule has 1 amide bonds. The molecule has 0 aliphatic rings. The van der Waals surface area contributed by atoms with Gasteiger partial charge in [-0.05, 0) is 26.0 Å². The fraction of sp³-hybridized carbons (Fsp3) is 0.316. The van der Waals surface area contributed by atoms with Crippen molar-refractivity contribution in [1.29, 1.82) is 0 Å². The molecule has 0 saturated heterocycles. The van der Waals surface area contributed by atoms with Crippen molar-refractivity contribution >= 4 is 29.4 Å². The largest absolute Gasteiger partial charge is 0.481 e. The molecule has 0 radical (unpaired) electrons. The number of rotatable bonds is 9. The molecule has 1 heterocycles. The Hall–Kier alpha value is -3.40. The number of aromatic nitrogens is 2. The number of nitrogens with zero attached hydrogens (tertiary/aromatic N) is 2. The Morgan fingerprint density at radius 1 is 1.13 bits per heavy atom. The zero-order valence-electron chi connectivity index (χ0n) is 16.3. The molecule has 0 aliphatic carbocycles. The zero-order valence-corrected chi connectivity index (χ0v) is 17.1. The number of halogens is 1. The van der Waals surface area contributed by atoms with Crippen molar-refractivity contribution in [2.75, 3.05) is 26.4 Å². The van der Waals surface area contributed by atoms with Crippen LogP contribution in [0.25, 0.3) is 5.69 Å². The van der Waals surface area contributed by atoms with Crippen LogP contribution >= 0.6 is 11.6 Å². The van der Waals surface area contributed by atoms with Gasteiger partial charge < -0.3 is 19.5 Å². The van der Waals surface area contributed by atoms with Gasteiger partial charge in [0, 0.05) is 0 Å². The van der Waals surface area contributed by atoms with E-state index in [-0.39, 0.29) is 41.9 Å². The van der Waals surface area contributed by atoms with Crippen LogP contribution in [0.15, 0.2) is 35.1 Å². The minimum Gasteiger partial charge on any atom is -0.481 e. The maximum absolute atomic E-state index is 12.5. The highest BCUT2D eigenvalue weighted by molar-refractivity contribution is 6.32. The number of hydrogen-bond acceptors (Lipinski definition) is 8. The summed E-state index contributed by atoms with van der Waals surface area (Å²) in [6.07, 6.45) is 0. The lowest BCUT2D eigenvalue weighted by Gasteiger charge is -2.13. The van der Waals surface area contributed by atoms with Crippen LogP contribution < -0.4 is 15.6 Å². The standard InChI is InChI=1S/C19H20ClN3O7/c1-3-28-17(26)10-21-15(24)11-30-14-9-16(25)23(13-8-6-5-7-12(13)20)22-18(14)19(27)29-4-2/h5-9H,3-4,10-11H2,1-2H3,(H,21,24). The van der Waals surface area contributed by atoms with E-state index in [1.807, 2.05) is 0 Å². The molecule has 1 aromatic heterocycles. The second-order valence-corrected chi connectivity index (χ2v) is 6.06. The molecule has 0 aliphatic heterocycles. The highest BCUT2D eigenvalue weighted by Crippen LogP contribution is 2.20. The van der Waals surface area contributed by atoms with Crippen molar-refractivity contribution in [2.24, 2.45) is 0 Å². The lowest BCUT2D eigenvalue weighted by Crippen LogP contribution is -2.34. The van der Waals surface area contributed by atoms with E-state index < -0.39 is 30.0 Å². The summed E-state index contributed by atoms with van der Waals surface area (Å²) in [6, 6.07) is 7.44. The Morgan fingerprint density at radius 2 is 1.83 bits per heavy atom. The van der Waals surface area contributed by atoms with Gasteiger partial charge in [-0.3, -0.25) is 14.4 Å². The third-order valence-corrected chi connectivity index (χ3v) is 3.86. The third kappa shape index (κ3) is 6.05. The van der Waals surface area contributed by atoms with Crippen molar-refractivity contribution in [3.63, 3.8) is 0 Å². The topological polar surface area (TPSA) is 126 Å². The van der Waals surface area contributed by atoms with E-state index >= 15 is 0 Å². The molecule has 0 saturated carbocycles. The lowest BCUT2D eigenvalue weighted by atomic mass is 10.3. The quantitative estimate of drug-likeness (QED) is 0.578. The van der Waals surface area contributed by atoms with Crippen LogP contribution in [0.2, 0.25) is 5.02 Å². The number of para-hydroxylation sites is 1. The Labute approximate surface area is 176 Å². The highest BCUT2D eigenvalue weighted by Gasteiger charge is 2.21. The first-order valence-electron chi connectivity index (χ1n) is 8.98. The van der Waals surface area contributed by atoms with E-state index in [1.54, 1.807) is 38.1 Å². The molecular formula is C19H20ClN3O7. The molecule has 1 aromatic carbocycles. The summed E-state index contributed by atoms with van der Waals surface area (Å²) >= 11 is 6.11. The number of amides is 1. The van der Waals surface area contributed by atoms with E-state index in [0.717, 1.165) is 10.7 Å². The van der Waals surface area contributed by atoms with Gasteiger partial charge >= 0.3 is 11.9 Å². The van der Waals surface area contributed by atoms with E-state index in [0.29, 0.717) is 0 Å². The number of esters is 2. The smallest absolute Gasteiger partial charge is 0.362 e. The predicted octanol–water partition coefficient (Wildman–Crippen LogP) is 1.12. The van der Waals surface area contributed by atoms with Crippen molar-refractivity contribution in [3.8, 4) is 11.4 Å². The normalized spacial score (nSPS) is 10.2. The number of nitrogens with one attached hydrogen (secondary N) is 1. The van der Waals surface area contributed by atoms with E-state index in [1.165, 1.54) is 0 Å². The second-order valence-electron chi connectivity index (χ2n) is 5.65. The van der Waals surface area contributed by atoms with Crippen LogP contribution in [0, 0.1) is 0 Å². The summed E-state index contributed by atoms with van der Waals surface area (Å²) in [4.78, 5) is 48.0. The van der Waals surface area contributed by atoms with Crippen molar-refractivity contribution in [2.45, 2.75) is 13.8 Å². The molecule has 2 rings (SSSR count). The predicted molar refractivity (Wildman–Crippen MR) is 106 cm³/mol. The molecule has 0 fully saturated rings. The maximum Gasteiger partial charge on any atom is 0.362 e. The zero-order chi connectivity index (χ0) is 22.1. The van der Waals surface area contributed by atoms with Crippen LogP contribution in [-0.4, -0.2) is 54.0 Å². The second kappa shape index (κ2) is 11.0. The average molecular weight is 438 g/mol. The molecule has 0 bridgehead atoms. The van der Waals surface area contributed by atoms with Crippen LogP contribution in [0.3, 0.4) is 0 Å². The summed E-state index contributed by atoms with van der Waals surface area (Å²) in [5.41, 5.74) is -0.693. The molecule has 30 heavy (non-hydrogen) atoms. The molecule has 160 valence electrons. The Balaban J connectivity index is 2.26. The first kappa shape index (κ1) is 22.9. The molecule has 0 spiro atoms. The average Bonchev–Trinajstić information content (AvgIpc) is 2.71. The van der Waals surface area contributed by atoms with Gasteiger partial charge in [-0.15, -0.1) is 0 Å². The summed E-state index contributed by atoms with van der Waals surface area (Å²) in [5, 5.41) is 6.55. The molecule has 0 atom stereocenters. The Morgan fingerprint density at radius 3 is 2.50 bits per heavy atom. The first-order chi connectivity index (χ1) is 14.4. The van der Waals surface area contributed by atoms with Crippen molar-refractivity contribution < 1.29 is 28.6 Å². The van der Waals surface area contributed by atoms with Crippen LogP contribution in [0.1, 0.15) is 24.3 Å². The summed E-state index contributed by atoms with van der Waals surface area (Å²) in [7, 11) is 0. The first-order valence-corrected chi connectivity index (χ1v) is 9.36. The van der Waals surface area contributed by atoms with Gasteiger partial charge in [-0.1, -0.05) is 23.7 Å².